The first-order chi connectivity index (χ1) is 11.6. The summed E-state index contributed by atoms with van der Waals surface area (Å²) in [6.45, 7) is 0. The van der Waals surface area contributed by atoms with E-state index < -0.39 is 0 Å². The minimum Gasteiger partial charge on any atom is -0.493 e. The number of ether oxygens (including phenoxy) is 3. The number of nitrogen functional groups attached to an aromatic ring is 1. The molecule has 3 N–H and O–H groups in total. The first-order valence-electron chi connectivity index (χ1n) is 7.09. The highest BCUT2D eigenvalue weighted by Crippen LogP contribution is 2.41. The first-order valence-corrected chi connectivity index (χ1v) is 7.09. The second-order valence-electron chi connectivity index (χ2n) is 4.95. The van der Waals surface area contributed by atoms with Crippen LogP contribution in [0, 0.1) is 0 Å². The molecule has 3 aromatic rings. The number of aromatic nitrogens is 4. The van der Waals surface area contributed by atoms with E-state index in [1.165, 1.54) is 6.33 Å². The van der Waals surface area contributed by atoms with Crippen LogP contribution in [0.4, 0.5) is 17.5 Å². The fourth-order valence-corrected chi connectivity index (χ4v) is 2.37. The third kappa shape index (κ3) is 2.49. The normalized spacial score (nSPS) is 10.7. The highest BCUT2D eigenvalue weighted by molar-refractivity contribution is 5.83. The average Bonchev–Trinajstić information content (AvgIpc) is 3.08. The van der Waals surface area contributed by atoms with E-state index in [-0.39, 0.29) is 0 Å². The number of benzene rings is 1. The van der Waals surface area contributed by atoms with Gasteiger partial charge in [-0.25, -0.2) is 4.98 Å². The van der Waals surface area contributed by atoms with Gasteiger partial charge in [0.1, 0.15) is 5.52 Å². The van der Waals surface area contributed by atoms with Crippen LogP contribution in [0.25, 0.3) is 11.2 Å². The third-order valence-corrected chi connectivity index (χ3v) is 3.64. The molecule has 24 heavy (non-hydrogen) atoms. The van der Waals surface area contributed by atoms with Gasteiger partial charge >= 0.3 is 0 Å². The first kappa shape index (κ1) is 15.7. The van der Waals surface area contributed by atoms with Crippen molar-refractivity contribution in [2.75, 3.05) is 39.0 Å². The lowest BCUT2D eigenvalue weighted by Gasteiger charge is -2.20. The molecule has 1 aromatic carbocycles. The van der Waals surface area contributed by atoms with Crippen molar-refractivity contribution >= 4 is 28.6 Å². The summed E-state index contributed by atoms with van der Waals surface area (Å²) in [6, 6.07) is 3.60. The van der Waals surface area contributed by atoms with Crippen molar-refractivity contribution in [1.82, 2.24) is 19.9 Å². The van der Waals surface area contributed by atoms with Crippen molar-refractivity contribution in [1.29, 1.82) is 0 Å². The van der Waals surface area contributed by atoms with Crippen LogP contribution in [0.1, 0.15) is 0 Å². The van der Waals surface area contributed by atoms with E-state index in [0.29, 0.717) is 40.2 Å². The molecule has 0 fully saturated rings. The van der Waals surface area contributed by atoms with Gasteiger partial charge in [0.2, 0.25) is 11.7 Å². The molecule has 0 spiro atoms. The van der Waals surface area contributed by atoms with Crippen LogP contribution in [0.5, 0.6) is 17.2 Å². The zero-order valence-electron chi connectivity index (χ0n) is 13.8. The van der Waals surface area contributed by atoms with Gasteiger partial charge in [-0.05, 0) is 0 Å². The zero-order valence-corrected chi connectivity index (χ0v) is 13.8. The van der Waals surface area contributed by atoms with Gasteiger partial charge in [-0.2, -0.15) is 9.97 Å². The van der Waals surface area contributed by atoms with E-state index in [1.54, 1.807) is 38.4 Å². The third-order valence-electron chi connectivity index (χ3n) is 3.64. The Kier molecular flexibility index (Phi) is 3.98. The lowest BCUT2D eigenvalue weighted by molar-refractivity contribution is 0.324. The number of anilines is 3. The summed E-state index contributed by atoms with van der Waals surface area (Å²) in [5.41, 5.74) is 7.81. The Bertz CT molecular complexity index is 854. The SMILES string of the molecule is COc1cc(N(C)c2nc(N)c3[nH]cnc3n2)cc(OC)c1OC. The molecule has 0 aliphatic carbocycles. The Balaban J connectivity index is 2.09. The van der Waals surface area contributed by atoms with Crippen molar-refractivity contribution in [3.63, 3.8) is 0 Å². The molecule has 2 heterocycles. The monoisotopic (exact) mass is 330 g/mol. The van der Waals surface area contributed by atoms with Crippen LogP contribution in [0.2, 0.25) is 0 Å². The number of nitrogens with one attached hydrogen (secondary N) is 1. The number of methoxy groups -OCH3 is 3. The zero-order chi connectivity index (χ0) is 17.3. The standard InChI is InChI=1S/C15H18N6O3/c1-21(15-19-13(16)11-14(20-15)18-7-17-11)8-5-9(22-2)12(24-4)10(6-8)23-3/h5-7H,1-4H3,(H3,16,17,18,19,20). The second-order valence-corrected chi connectivity index (χ2v) is 4.95. The largest absolute Gasteiger partial charge is 0.493 e. The summed E-state index contributed by atoms with van der Waals surface area (Å²) in [6.07, 6.45) is 1.53. The molecule has 9 heteroatoms. The number of hydrogen-bond acceptors (Lipinski definition) is 8. The van der Waals surface area contributed by atoms with Crippen molar-refractivity contribution in [2.24, 2.45) is 0 Å². The van der Waals surface area contributed by atoms with Gasteiger partial charge in [0.05, 0.1) is 33.3 Å². The van der Waals surface area contributed by atoms with Crippen molar-refractivity contribution in [3.8, 4) is 17.2 Å². The maximum Gasteiger partial charge on any atom is 0.233 e. The summed E-state index contributed by atoms with van der Waals surface area (Å²) in [5, 5.41) is 0. The molecule has 0 radical (unpaired) electrons. The van der Waals surface area contributed by atoms with Gasteiger partial charge in [0.25, 0.3) is 0 Å². The Hall–Kier alpha value is -3.23. The lowest BCUT2D eigenvalue weighted by Crippen LogP contribution is -2.14. The molecule has 2 aromatic heterocycles. The Morgan fingerprint density at radius 1 is 1.04 bits per heavy atom. The van der Waals surface area contributed by atoms with E-state index >= 15 is 0 Å². The highest BCUT2D eigenvalue weighted by atomic mass is 16.5. The number of rotatable bonds is 5. The topological polar surface area (TPSA) is 111 Å². The molecule has 0 saturated heterocycles. The Morgan fingerprint density at radius 2 is 1.71 bits per heavy atom. The number of hydrogen-bond donors (Lipinski definition) is 2. The maximum atomic E-state index is 5.96. The number of fused-ring (bicyclic) bond motifs is 1. The predicted octanol–water partition coefficient (Wildman–Crippen LogP) is 1.73. The molecule has 0 aliphatic rings. The van der Waals surface area contributed by atoms with Crippen LogP contribution < -0.4 is 24.8 Å². The average molecular weight is 330 g/mol. The summed E-state index contributed by atoms with van der Waals surface area (Å²) in [5.74, 6) is 2.31. The second kappa shape index (κ2) is 6.11. The van der Waals surface area contributed by atoms with Gasteiger partial charge in [0, 0.05) is 19.2 Å². The molecule has 0 aliphatic heterocycles. The fourth-order valence-electron chi connectivity index (χ4n) is 2.37. The number of aromatic amines is 1. The van der Waals surface area contributed by atoms with Crippen LogP contribution in [0.3, 0.4) is 0 Å². The van der Waals surface area contributed by atoms with Gasteiger partial charge in [0.15, 0.2) is 23.0 Å². The number of H-pyrrole nitrogens is 1. The summed E-state index contributed by atoms with van der Waals surface area (Å²) in [4.78, 5) is 17.5. The van der Waals surface area contributed by atoms with E-state index in [0.717, 1.165) is 5.69 Å². The molecule has 9 nitrogen and oxygen atoms in total. The van der Waals surface area contributed by atoms with Crippen LogP contribution >= 0.6 is 0 Å². The van der Waals surface area contributed by atoms with Gasteiger partial charge in [-0.3, -0.25) is 0 Å². The number of nitrogens with two attached hydrogens (primary N) is 1. The molecule has 126 valence electrons. The molecule has 0 unspecified atom stereocenters. The van der Waals surface area contributed by atoms with Gasteiger partial charge in [-0.1, -0.05) is 0 Å². The van der Waals surface area contributed by atoms with Crippen LogP contribution in [-0.4, -0.2) is 48.3 Å². The van der Waals surface area contributed by atoms with Crippen molar-refractivity contribution < 1.29 is 14.2 Å². The minimum absolute atomic E-state index is 0.326. The molecule has 0 bridgehead atoms. The van der Waals surface area contributed by atoms with Crippen molar-refractivity contribution in [2.45, 2.75) is 0 Å². The van der Waals surface area contributed by atoms with E-state index in [4.69, 9.17) is 19.9 Å². The summed E-state index contributed by atoms with van der Waals surface area (Å²) >= 11 is 0. The van der Waals surface area contributed by atoms with Gasteiger partial charge < -0.3 is 29.8 Å². The lowest BCUT2D eigenvalue weighted by atomic mass is 10.2. The molecular formula is C15H18N6O3. The summed E-state index contributed by atoms with van der Waals surface area (Å²) in [7, 11) is 6.49. The Morgan fingerprint density at radius 3 is 2.29 bits per heavy atom. The highest BCUT2D eigenvalue weighted by Gasteiger charge is 2.18. The fraction of sp³-hybridized carbons (Fsp3) is 0.267. The van der Waals surface area contributed by atoms with E-state index in [2.05, 4.69) is 19.9 Å². The van der Waals surface area contributed by atoms with E-state index in [1.807, 2.05) is 7.05 Å². The van der Waals surface area contributed by atoms with Gasteiger partial charge in [-0.15, -0.1) is 0 Å². The maximum absolute atomic E-state index is 5.96. The van der Waals surface area contributed by atoms with Crippen LogP contribution in [0.15, 0.2) is 18.5 Å². The molecular weight excluding hydrogens is 312 g/mol. The minimum atomic E-state index is 0.326. The predicted molar refractivity (Wildman–Crippen MR) is 90.3 cm³/mol. The quantitative estimate of drug-likeness (QED) is 0.727. The molecule has 0 saturated carbocycles. The van der Waals surface area contributed by atoms with E-state index in [9.17, 15) is 0 Å². The Labute approximate surface area is 138 Å². The molecule has 0 amide bonds. The smallest absolute Gasteiger partial charge is 0.233 e. The number of imidazole rings is 1. The number of nitrogens with zero attached hydrogens (tertiary/aromatic N) is 4. The van der Waals surface area contributed by atoms with Crippen molar-refractivity contribution in [3.05, 3.63) is 18.5 Å². The molecule has 0 atom stereocenters. The van der Waals surface area contributed by atoms with Crippen LogP contribution in [-0.2, 0) is 0 Å². The molecule has 3 rings (SSSR count). The summed E-state index contributed by atoms with van der Waals surface area (Å²) < 4.78 is 16.1.